The molecule has 1 aliphatic heterocycles. The smallest absolute Gasteiger partial charge is 0.296 e. The zero-order valence-corrected chi connectivity index (χ0v) is 22.8. The van der Waals surface area contributed by atoms with E-state index in [1.165, 1.54) is 28.8 Å². The summed E-state index contributed by atoms with van der Waals surface area (Å²) >= 11 is 2.76. The second-order valence-electron chi connectivity index (χ2n) is 8.35. The van der Waals surface area contributed by atoms with Gasteiger partial charge in [-0.1, -0.05) is 35.4 Å². The number of nitrogens with one attached hydrogen (secondary N) is 2. The molecule has 3 heterocycles. The lowest BCUT2D eigenvalue weighted by Crippen LogP contribution is -2.20. The molecule has 0 unspecified atom stereocenters. The maximum atomic E-state index is 11.6. The van der Waals surface area contributed by atoms with Crippen LogP contribution in [0, 0.1) is 11.8 Å². The van der Waals surface area contributed by atoms with Crippen LogP contribution in [0.25, 0.3) is 11.0 Å². The van der Waals surface area contributed by atoms with Gasteiger partial charge in [0.25, 0.3) is 11.1 Å². The van der Waals surface area contributed by atoms with Crippen LogP contribution in [0.5, 0.6) is 22.4 Å². The third-order valence-electron chi connectivity index (χ3n) is 5.89. The van der Waals surface area contributed by atoms with Crippen LogP contribution in [-0.4, -0.2) is 29.8 Å². The van der Waals surface area contributed by atoms with E-state index in [4.69, 9.17) is 18.7 Å². The predicted molar refractivity (Wildman–Crippen MR) is 147 cm³/mol. The fourth-order valence-electron chi connectivity index (χ4n) is 4.03. The van der Waals surface area contributed by atoms with Crippen molar-refractivity contribution in [2.45, 2.75) is 44.6 Å². The molecule has 2 aromatic carbocycles. The Labute approximate surface area is 228 Å². The van der Waals surface area contributed by atoms with Crippen molar-refractivity contribution in [3.63, 3.8) is 0 Å². The minimum Gasteiger partial charge on any atom is -0.496 e. The molecule has 0 atom stereocenters. The van der Waals surface area contributed by atoms with E-state index >= 15 is 0 Å². The summed E-state index contributed by atoms with van der Waals surface area (Å²) in [4.78, 5) is 17.0. The molecular weight excluding hydrogens is 524 g/mol. The van der Waals surface area contributed by atoms with Crippen molar-refractivity contribution in [1.82, 2.24) is 15.5 Å². The molecule has 11 heteroatoms. The number of thiazole rings is 1. The number of benzene rings is 2. The first kappa shape index (κ1) is 25.8. The number of aryl methyl sites for hydroxylation is 1. The molecule has 0 radical (unpaired) electrons. The first-order valence-electron chi connectivity index (χ1n) is 12.1. The molecular formula is C27H26N4O5S2. The number of anilines is 1. The number of aromatic nitrogens is 2. The van der Waals surface area contributed by atoms with Crippen LogP contribution in [0.2, 0.25) is 0 Å². The van der Waals surface area contributed by atoms with Gasteiger partial charge in [0.1, 0.15) is 22.6 Å². The van der Waals surface area contributed by atoms with Gasteiger partial charge in [-0.2, -0.15) is 0 Å². The van der Waals surface area contributed by atoms with E-state index in [-0.39, 0.29) is 12.5 Å². The summed E-state index contributed by atoms with van der Waals surface area (Å²) in [5.74, 6) is 7.33. The van der Waals surface area contributed by atoms with Crippen LogP contribution in [0.1, 0.15) is 37.1 Å². The molecule has 2 N–H and O–H groups in total. The predicted octanol–water partition coefficient (Wildman–Crippen LogP) is 5.73. The fraction of sp³-hybridized carbons (Fsp3) is 0.296. The Bertz CT molecular complexity index is 1540. The zero-order chi connectivity index (χ0) is 26.5. The molecule has 4 aromatic rings. The quantitative estimate of drug-likeness (QED) is 0.199. The molecule has 0 saturated heterocycles. The van der Waals surface area contributed by atoms with Crippen LogP contribution in [0.4, 0.5) is 5.82 Å². The molecule has 2 aromatic heterocycles. The van der Waals surface area contributed by atoms with E-state index in [1.54, 1.807) is 14.0 Å². The number of methoxy groups -OCH3 is 1. The molecule has 0 spiro atoms. The molecule has 196 valence electrons. The van der Waals surface area contributed by atoms with Crippen LogP contribution in [0.3, 0.4) is 0 Å². The average molecular weight is 551 g/mol. The minimum atomic E-state index is -0.343. The molecule has 1 aliphatic rings. The van der Waals surface area contributed by atoms with Gasteiger partial charge in [0.05, 0.1) is 30.9 Å². The van der Waals surface area contributed by atoms with E-state index in [0.29, 0.717) is 40.4 Å². The number of rotatable bonds is 9. The number of nitrogens with zero attached hydrogens (tertiary/aromatic N) is 2. The standard InChI is InChI=1S/C27H26N4O5S2/c1-4-7-23(32)28-14-17-15-37-27(29-17)35-20-13-21-24(25-18(20)8-6-11-34-25)26(30-36-21)31-38-22-12-16(5-2)9-10-19(22)33-3/h9-10,12-13,15H,5-6,8,11,14H2,1-3H3,(H,28,32)(H,30,31). The Balaban J connectivity index is 1.39. The summed E-state index contributed by atoms with van der Waals surface area (Å²) in [5.41, 5.74) is 3.38. The van der Waals surface area contributed by atoms with Gasteiger partial charge in [0.2, 0.25) is 0 Å². The number of carbonyl (C=O) groups is 1. The molecule has 0 aliphatic carbocycles. The highest BCUT2D eigenvalue weighted by molar-refractivity contribution is 8.00. The zero-order valence-electron chi connectivity index (χ0n) is 21.2. The summed E-state index contributed by atoms with van der Waals surface area (Å²) in [6.45, 7) is 4.60. The van der Waals surface area contributed by atoms with Gasteiger partial charge < -0.3 is 28.8 Å². The Kier molecular flexibility index (Phi) is 7.91. The topological polar surface area (TPSA) is 108 Å². The van der Waals surface area contributed by atoms with Crippen molar-refractivity contribution in [1.29, 1.82) is 0 Å². The van der Waals surface area contributed by atoms with E-state index in [1.807, 2.05) is 17.5 Å². The summed E-state index contributed by atoms with van der Waals surface area (Å²) in [6.07, 6.45) is 2.58. The van der Waals surface area contributed by atoms with Crippen molar-refractivity contribution in [3.8, 4) is 34.3 Å². The lowest BCUT2D eigenvalue weighted by Gasteiger charge is -2.20. The Morgan fingerprint density at radius 3 is 3.00 bits per heavy atom. The Hall–Kier alpha value is -3.88. The van der Waals surface area contributed by atoms with Gasteiger partial charge in [0, 0.05) is 17.0 Å². The number of hydrogen-bond acceptors (Lipinski definition) is 10. The number of fused-ring (bicyclic) bond motifs is 3. The van der Waals surface area contributed by atoms with Crippen LogP contribution >= 0.6 is 23.3 Å². The van der Waals surface area contributed by atoms with Crippen molar-refractivity contribution in [2.75, 3.05) is 18.4 Å². The molecule has 5 rings (SSSR count). The average Bonchev–Trinajstić information content (AvgIpc) is 3.57. The molecule has 38 heavy (non-hydrogen) atoms. The van der Waals surface area contributed by atoms with Gasteiger partial charge in [-0.25, -0.2) is 4.98 Å². The van der Waals surface area contributed by atoms with Gasteiger partial charge in [-0.15, -0.1) is 0 Å². The maximum absolute atomic E-state index is 11.6. The van der Waals surface area contributed by atoms with Gasteiger partial charge >= 0.3 is 0 Å². The van der Waals surface area contributed by atoms with Gasteiger partial charge in [-0.05, 0) is 61.8 Å². The fourth-order valence-corrected chi connectivity index (χ4v) is 5.52. The van der Waals surface area contributed by atoms with E-state index < -0.39 is 0 Å². The molecule has 0 saturated carbocycles. The Morgan fingerprint density at radius 2 is 2.18 bits per heavy atom. The minimum absolute atomic E-state index is 0.272. The molecule has 1 amide bonds. The van der Waals surface area contributed by atoms with Crippen molar-refractivity contribution in [2.24, 2.45) is 0 Å². The normalized spacial score (nSPS) is 12.2. The third-order valence-corrected chi connectivity index (χ3v) is 7.49. The lowest BCUT2D eigenvalue weighted by atomic mass is 10.0. The number of amides is 1. The van der Waals surface area contributed by atoms with Gasteiger partial charge in [0.15, 0.2) is 11.4 Å². The van der Waals surface area contributed by atoms with Crippen molar-refractivity contribution < 1.29 is 23.5 Å². The second-order valence-corrected chi connectivity index (χ2v) is 10.0. The lowest BCUT2D eigenvalue weighted by molar-refractivity contribution is -0.115. The van der Waals surface area contributed by atoms with Crippen LogP contribution in [0.15, 0.2) is 39.1 Å². The van der Waals surface area contributed by atoms with Crippen LogP contribution < -0.4 is 24.2 Å². The van der Waals surface area contributed by atoms with Crippen molar-refractivity contribution in [3.05, 3.63) is 46.5 Å². The number of carbonyl (C=O) groups excluding carboxylic acids is 1. The van der Waals surface area contributed by atoms with E-state index in [0.717, 1.165) is 40.9 Å². The SMILES string of the molecule is CC#CC(=O)NCc1csc(Oc2cc3onc(NSc4cc(CC)ccc4OC)c3c3c2CCCO3)n1. The summed E-state index contributed by atoms with van der Waals surface area (Å²) < 4.78 is 26.8. The first-order valence-corrected chi connectivity index (χ1v) is 13.8. The number of hydrogen-bond donors (Lipinski definition) is 2. The second kappa shape index (κ2) is 11.7. The highest BCUT2D eigenvalue weighted by Gasteiger charge is 2.26. The first-order chi connectivity index (χ1) is 18.6. The number of ether oxygens (including phenoxy) is 3. The maximum Gasteiger partial charge on any atom is 0.296 e. The largest absolute Gasteiger partial charge is 0.496 e. The monoisotopic (exact) mass is 550 g/mol. The van der Waals surface area contributed by atoms with Crippen LogP contribution in [-0.2, 0) is 24.2 Å². The molecule has 9 nitrogen and oxygen atoms in total. The molecule has 0 fully saturated rings. The van der Waals surface area contributed by atoms with E-state index in [9.17, 15) is 4.79 Å². The summed E-state index contributed by atoms with van der Waals surface area (Å²) in [6, 6.07) is 7.95. The van der Waals surface area contributed by atoms with Gasteiger partial charge in [-0.3, -0.25) is 4.79 Å². The van der Waals surface area contributed by atoms with Crippen molar-refractivity contribution >= 4 is 46.0 Å². The summed E-state index contributed by atoms with van der Waals surface area (Å²) in [5, 5.41) is 10.0. The highest BCUT2D eigenvalue weighted by Crippen LogP contribution is 2.45. The third kappa shape index (κ3) is 5.51. The Morgan fingerprint density at radius 1 is 1.29 bits per heavy atom. The molecule has 0 bridgehead atoms. The summed E-state index contributed by atoms with van der Waals surface area (Å²) in [7, 11) is 1.66. The highest BCUT2D eigenvalue weighted by atomic mass is 32.2. The van der Waals surface area contributed by atoms with E-state index in [2.05, 4.69) is 51.1 Å².